The Kier molecular flexibility index (Phi) is 4.25. The van der Waals surface area contributed by atoms with Crippen LogP contribution in [0.4, 0.5) is 10.5 Å². The minimum absolute atomic E-state index is 0.0490. The van der Waals surface area contributed by atoms with E-state index in [-0.39, 0.29) is 6.54 Å². The Morgan fingerprint density at radius 1 is 1.39 bits per heavy atom. The Labute approximate surface area is 105 Å². The van der Waals surface area contributed by atoms with Gasteiger partial charge in [-0.15, -0.1) is 0 Å². The highest BCUT2D eigenvalue weighted by Gasteiger charge is 2.27. The topological polar surface area (TPSA) is 91.3 Å². The van der Waals surface area contributed by atoms with Crippen LogP contribution in [-0.2, 0) is 4.79 Å². The highest BCUT2D eigenvalue weighted by atomic mass is 16.4. The van der Waals surface area contributed by atoms with Crippen LogP contribution in [0.25, 0.3) is 0 Å². The van der Waals surface area contributed by atoms with Crippen LogP contribution in [0.15, 0.2) is 18.5 Å². The molecule has 6 nitrogen and oxygen atoms in total. The molecule has 0 saturated heterocycles. The number of nitrogens with zero attached hydrogens (tertiary/aromatic N) is 1. The smallest absolute Gasteiger partial charge is 0.319 e. The van der Waals surface area contributed by atoms with E-state index in [9.17, 15) is 9.59 Å². The number of anilines is 1. The van der Waals surface area contributed by atoms with Crippen LogP contribution < -0.4 is 10.6 Å². The van der Waals surface area contributed by atoms with E-state index in [0.29, 0.717) is 5.69 Å². The van der Waals surface area contributed by atoms with Crippen molar-refractivity contribution in [1.29, 1.82) is 0 Å². The molecule has 0 saturated carbocycles. The van der Waals surface area contributed by atoms with Crippen molar-refractivity contribution in [2.75, 3.05) is 11.9 Å². The van der Waals surface area contributed by atoms with Crippen molar-refractivity contribution in [3.05, 3.63) is 24.0 Å². The zero-order chi connectivity index (χ0) is 13.8. The van der Waals surface area contributed by atoms with Gasteiger partial charge < -0.3 is 15.7 Å². The van der Waals surface area contributed by atoms with Crippen LogP contribution in [0.3, 0.4) is 0 Å². The van der Waals surface area contributed by atoms with Crippen LogP contribution in [0.2, 0.25) is 0 Å². The first-order valence-corrected chi connectivity index (χ1v) is 5.51. The number of urea groups is 1. The van der Waals surface area contributed by atoms with E-state index in [0.717, 1.165) is 5.56 Å². The van der Waals surface area contributed by atoms with Gasteiger partial charge in [-0.1, -0.05) is 0 Å². The van der Waals surface area contributed by atoms with Crippen molar-refractivity contribution >= 4 is 17.7 Å². The first kappa shape index (κ1) is 14.0. The first-order chi connectivity index (χ1) is 8.31. The number of hydrogen-bond donors (Lipinski definition) is 3. The van der Waals surface area contributed by atoms with Crippen molar-refractivity contribution < 1.29 is 14.7 Å². The third-order valence-corrected chi connectivity index (χ3v) is 2.40. The van der Waals surface area contributed by atoms with Gasteiger partial charge in [-0.3, -0.25) is 9.78 Å². The predicted molar refractivity (Wildman–Crippen MR) is 67.4 cm³/mol. The monoisotopic (exact) mass is 251 g/mol. The summed E-state index contributed by atoms with van der Waals surface area (Å²) in [5.74, 6) is -0.958. The molecule has 1 aromatic rings. The molecule has 98 valence electrons. The van der Waals surface area contributed by atoms with Gasteiger partial charge in [0, 0.05) is 12.7 Å². The van der Waals surface area contributed by atoms with Crippen molar-refractivity contribution in [3.8, 4) is 0 Å². The first-order valence-electron chi connectivity index (χ1n) is 5.51. The van der Waals surface area contributed by atoms with Gasteiger partial charge in [0.15, 0.2) is 0 Å². The van der Waals surface area contributed by atoms with Crippen molar-refractivity contribution in [1.82, 2.24) is 10.3 Å². The fraction of sp³-hybridized carbons (Fsp3) is 0.417. The zero-order valence-electron chi connectivity index (χ0n) is 10.7. The number of carbonyl (C=O) groups is 2. The molecular formula is C12H17N3O3. The number of carboxylic acid groups (broad SMARTS) is 1. The Hall–Kier alpha value is -2.11. The summed E-state index contributed by atoms with van der Waals surface area (Å²) in [7, 11) is 0. The molecule has 6 heteroatoms. The summed E-state index contributed by atoms with van der Waals surface area (Å²) in [5, 5.41) is 14.0. The van der Waals surface area contributed by atoms with Gasteiger partial charge >= 0.3 is 12.0 Å². The van der Waals surface area contributed by atoms with E-state index in [1.54, 1.807) is 26.1 Å². The van der Waals surface area contributed by atoms with Gasteiger partial charge in [-0.05, 0) is 32.4 Å². The quantitative estimate of drug-likeness (QED) is 0.758. The molecule has 0 aromatic carbocycles. The number of rotatable bonds is 4. The summed E-state index contributed by atoms with van der Waals surface area (Å²) in [5.41, 5.74) is 0.502. The average Bonchev–Trinajstić information content (AvgIpc) is 2.26. The number of pyridine rings is 1. The number of nitrogens with one attached hydrogen (secondary N) is 2. The van der Waals surface area contributed by atoms with Gasteiger partial charge in [0.1, 0.15) is 0 Å². The van der Waals surface area contributed by atoms with E-state index >= 15 is 0 Å². The minimum atomic E-state index is -0.998. The lowest BCUT2D eigenvalue weighted by Gasteiger charge is -2.19. The molecule has 0 atom stereocenters. The van der Waals surface area contributed by atoms with Crippen molar-refractivity contribution in [2.45, 2.75) is 20.8 Å². The minimum Gasteiger partial charge on any atom is -0.481 e. The molecule has 3 N–H and O–H groups in total. The fourth-order valence-corrected chi connectivity index (χ4v) is 1.18. The number of aromatic nitrogens is 1. The Morgan fingerprint density at radius 2 is 2.06 bits per heavy atom. The second-order valence-electron chi connectivity index (χ2n) is 4.75. The normalized spacial score (nSPS) is 10.8. The van der Waals surface area contributed by atoms with E-state index in [1.165, 1.54) is 6.20 Å². The maximum atomic E-state index is 11.6. The lowest BCUT2D eigenvalue weighted by atomic mass is 9.94. The lowest BCUT2D eigenvalue weighted by Crippen LogP contribution is -2.40. The molecule has 18 heavy (non-hydrogen) atoms. The second kappa shape index (κ2) is 5.48. The number of aryl methyl sites for hydroxylation is 1. The van der Waals surface area contributed by atoms with Crippen LogP contribution >= 0.6 is 0 Å². The summed E-state index contributed by atoms with van der Waals surface area (Å²) in [6.45, 7) is 5.00. The summed E-state index contributed by atoms with van der Waals surface area (Å²) < 4.78 is 0. The van der Waals surface area contributed by atoms with Gasteiger partial charge in [-0.2, -0.15) is 0 Å². The van der Waals surface area contributed by atoms with Gasteiger partial charge in [0.05, 0.1) is 17.3 Å². The van der Waals surface area contributed by atoms with Crippen LogP contribution in [0, 0.1) is 12.3 Å². The molecule has 0 spiro atoms. The van der Waals surface area contributed by atoms with E-state index in [2.05, 4.69) is 15.6 Å². The largest absolute Gasteiger partial charge is 0.481 e. The van der Waals surface area contributed by atoms with Crippen molar-refractivity contribution in [2.24, 2.45) is 5.41 Å². The molecule has 0 fully saturated rings. The SMILES string of the molecule is Cc1cncc(NC(=O)NCC(C)(C)C(=O)O)c1. The standard InChI is InChI=1S/C12H17N3O3/c1-8-4-9(6-13-5-8)15-11(18)14-7-12(2,3)10(16)17/h4-6H,7H2,1-3H3,(H,16,17)(H2,14,15,18). The third-order valence-electron chi connectivity index (χ3n) is 2.40. The highest BCUT2D eigenvalue weighted by Crippen LogP contribution is 2.13. The lowest BCUT2D eigenvalue weighted by molar-refractivity contribution is -0.146. The van der Waals surface area contributed by atoms with Gasteiger partial charge in [0.25, 0.3) is 0 Å². The Morgan fingerprint density at radius 3 is 2.61 bits per heavy atom. The van der Waals surface area contributed by atoms with Crippen LogP contribution in [0.5, 0.6) is 0 Å². The van der Waals surface area contributed by atoms with Crippen LogP contribution in [-0.4, -0.2) is 28.6 Å². The number of carboxylic acids is 1. The molecule has 0 aliphatic heterocycles. The maximum absolute atomic E-state index is 11.6. The van der Waals surface area contributed by atoms with Crippen molar-refractivity contribution in [3.63, 3.8) is 0 Å². The second-order valence-corrected chi connectivity index (χ2v) is 4.75. The average molecular weight is 251 g/mol. The van der Waals surface area contributed by atoms with E-state index < -0.39 is 17.4 Å². The molecule has 0 aliphatic carbocycles. The van der Waals surface area contributed by atoms with E-state index in [4.69, 9.17) is 5.11 Å². The molecule has 0 bridgehead atoms. The fourth-order valence-electron chi connectivity index (χ4n) is 1.18. The van der Waals surface area contributed by atoms with Gasteiger partial charge in [-0.25, -0.2) is 4.79 Å². The van der Waals surface area contributed by atoms with Crippen LogP contribution in [0.1, 0.15) is 19.4 Å². The molecule has 2 amide bonds. The summed E-state index contributed by atoms with van der Waals surface area (Å²) in [4.78, 5) is 26.3. The molecule has 1 rings (SSSR count). The van der Waals surface area contributed by atoms with E-state index in [1.807, 2.05) is 6.92 Å². The summed E-state index contributed by atoms with van der Waals surface area (Å²) in [6, 6.07) is 1.33. The number of aliphatic carboxylic acids is 1. The predicted octanol–water partition coefficient (Wildman–Crippen LogP) is 1.62. The molecule has 0 radical (unpaired) electrons. The molecule has 1 aromatic heterocycles. The Balaban J connectivity index is 2.50. The molecule has 1 heterocycles. The van der Waals surface area contributed by atoms with Gasteiger partial charge in [0.2, 0.25) is 0 Å². The summed E-state index contributed by atoms with van der Waals surface area (Å²) >= 11 is 0. The molecule has 0 aliphatic rings. The highest BCUT2D eigenvalue weighted by molar-refractivity contribution is 5.89. The zero-order valence-corrected chi connectivity index (χ0v) is 10.7. The number of amides is 2. The number of carbonyl (C=O) groups excluding carboxylic acids is 1. The molecular weight excluding hydrogens is 234 g/mol. The summed E-state index contributed by atoms with van der Waals surface area (Å²) in [6.07, 6.45) is 3.20. The molecule has 0 unspecified atom stereocenters. The number of hydrogen-bond acceptors (Lipinski definition) is 3. The Bertz CT molecular complexity index is 458. The third kappa shape index (κ3) is 4.04. The maximum Gasteiger partial charge on any atom is 0.319 e.